The molecule has 0 aliphatic heterocycles. The molecular weight excluding hydrogens is 342 g/mol. The van der Waals surface area contributed by atoms with Gasteiger partial charge < -0.3 is 9.88 Å². The van der Waals surface area contributed by atoms with Gasteiger partial charge in [-0.2, -0.15) is 0 Å². The predicted molar refractivity (Wildman–Crippen MR) is 106 cm³/mol. The molecule has 4 nitrogen and oxygen atoms in total. The van der Waals surface area contributed by atoms with E-state index in [0.717, 1.165) is 40.0 Å². The van der Waals surface area contributed by atoms with E-state index < -0.39 is 0 Å². The number of para-hydroxylation sites is 2. The molecule has 0 aliphatic carbocycles. The highest BCUT2D eigenvalue weighted by Gasteiger charge is 2.14. The first-order chi connectivity index (χ1) is 12.8. The van der Waals surface area contributed by atoms with Crippen molar-refractivity contribution in [1.82, 2.24) is 14.9 Å². The first-order valence-electron chi connectivity index (χ1n) is 8.64. The summed E-state index contributed by atoms with van der Waals surface area (Å²) in [6.45, 7) is 1.47. The highest BCUT2D eigenvalue weighted by Crippen LogP contribution is 2.28. The van der Waals surface area contributed by atoms with Gasteiger partial charge in [-0.3, -0.25) is 4.79 Å². The van der Waals surface area contributed by atoms with Gasteiger partial charge in [0.25, 0.3) is 5.91 Å². The quantitative estimate of drug-likeness (QED) is 0.511. The molecule has 4 rings (SSSR count). The number of aromatic nitrogens is 2. The fourth-order valence-electron chi connectivity index (χ4n) is 3.05. The number of nitrogens with one attached hydrogen (secondary N) is 1. The smallest absolute Gasteiger partial charge is 0.261 e. The summed E-state index contributed by atoms with van der Waals surface area (Å²) in [5, 5.41) is 5.01. The van der Waals surface area contributed by atoms with Crippen LogP contribution in [0.25, 0.3) is 22.2 Å². The van der Waals surface area contributed by atoms with Crippen molar-refractivity contribution in [2.75, 3.05) is 6.54 Å². The van der Waals surface area contributed by atoms with Gasteiger partial charge in [-0.15, -0.1) is 11.3 Å². The van der Waals surface area contributed by atoms with Crippen molar-refractivity contribution < 1.29 is 4.79 Å². The van der Waals surface area contributed by atoms with Crippen LogP contribution < -0.4 is 5.32 Å². The second kappa shape index (κ2) is 7.54. The normalized spacial score (nSPS) is 10.9. The van der Waals surface area contributed by atoms with Crippen molar-refractivity contribution in [1.29, 1.82) is 0 Å². The third-order valence-corrected chi connectivity index (χ3v) is 5.26. The zero-order valence-electron chi connectivity index (χ0n) is 14.3. The van der Waals surface area contributed by atoms with Gasteiger partial charge >= 0.3 is 0 Å². The van der Waals surface area contributed by atoms with Gasteiger partial charge in [0.2, 0.25) is 0 Å². The Kier molecular flexibility index (Phi) is 4.80. The summed E-state index contributed by atoms with van der Waals surface area (Å²) in [6.07, 6.45) is 2.72. The molecule has 1 N–H and O–H groups in total. The molecule has 0 atom stereocenters. The zero-order chi connectivity index (χ0) is 17.8. The molecule has 0 unspecified atom stereocenters. The minimum Gasteiger partial charge on any atom is -0.351 e. The molecule has 0 bridgehead atoms. The molecule has 0 saturated heterocycles. The van der Waals surface area contributed by atoms with Crippen molar-refractivity contribution in [3.05, 3.63) is 77.2 Å². The summed E-state index contributed by atoms with van der Waals surface area (Å²) in [6, 6.07) is 20.1. The van der Waals surface area contributed by atoms with Gasteiger partial charge in [-0.05, 0) is 35.6 Å². The molecule has 130 valence electrons. The lowest BCUT2D eigenvalue weighted by molar-refractivity contribution is 0.0957. The van der Waals surface area contributed by atoms with E-state index >= 15 is 0 Å². The Morgan fingerprint density at radius 3 is 2.73 bits per heavy atom. The maximum absolute atomic E-state index is 12.6. The number of hydrogen-bond acceptors (Lipinski definition) is 3. The van der Waals surface area contributed by atoms with Crippen LogP contribution in [0.5, 0.6) is 0 Å². The van der Waals surface area contributed by atoms with Crippen LogP contribution in [0.4, 0.5) is 0 Å². The van der Waals surface area contributed by atoms with Crippen LogP contribution in [0, 0.1) is 0 Å². The predicted octanol–water partition coefficient (Wildman–Crippen LogP) is 4.58. The van der Waals surface area contributed by atoms with Crippen LogP contribution >= 0.6 is 11.3 Å². The van der Waals surface area contributed by atoms with E-state index in [1.807, 2.05) is 66.3 Å². The van der Waals surface area contributed by atoms with Crippen LogP contribution in [0.2, 0.25) is 0 Å². The van der Waals surface area contributed by atoms with E-state index in [-0.39, 0.29) is 5.91 Å². The molecule has 2 heterocycles. The number of aryl methyl sites for hydroxylation is 1. The van der Waals surface area contributed by atoms with Crippen molar-refractivity contribution in [2.45, 2.75) is 13.0 Å². The molecule has 2 aromatic heterocycles. The van der Waals surface area contributed by atoms with E-state index in [1.165, 1.54) is 11.3 Å². The van der Waals surface area contributed by atoms with Crippen molar-refractivity contribution in [2.24, 2.45) is 0 Å². The Balaban J connectivity index is 1.36. The number of benzene rings is 2. The topological polar surface area (TPSA) is 46.9 Å². The monoisotopic (exact) mass is 361 g/mol. The number of rotatable bonds is 6. The van der Waals surface area contributed by atoms with Crippen LogP contribution in [0.1, 0.15) is 16.1 Å². The van der Waals surface area contributed by atoms with Gasteiger partial charge in [0.05, 0.1) is 22.2 Å². The second-order valence-electron chi connectivity index (χ2n) is 6.07. The fourth-order valence-corrected chi connectivity index (χ4v) is 3.88. The first kappa shape index (κ1) is 16.5. The van der Waals surface area contributed by atoms with Gasteiger partial charge in [-0.1, -0.05) is 42.5 Å². The second-order valence-corrected chi connectivity index (χ2v) is 6.98. The average Bonchev–Trinajstić information content (AvgIpc) is 3.33. The highest BCUT2D eigenvalue weighted by molar-refractivity contribution is 7.12. The van der Waals surface area contributed by atoms with Crippen molar-refractivity contribution in [3.63, 3.8) is 0 Å². The summed E-state index contributed by atoms with van der Waals surface area (Å²) >= 11 is 1.48. The number of fused-ring (bicyclic) bond motifs is 1. The SMILES string of the molecule is O=C(NCCCn1cnc2ccccc21)c1sccc1-c1ccccc1. The number of hydrogen-bond donors (Lipinski definition) is 1. The number of carbonyl (C=O) groups excluding carboxylic acids is 1. The number of carbonyl (C=O) groups is 1. The number of amides is 1. The molecule has 26 heavy (non-hydrogen) atoms. The molecule has 0 saturated carbocycles. The number of nitrogens with zero attached hydrogens (tertiary/aromatic N) is 2. The summed E-state index contributed by atoms with van der Waals surface area (Å²) in [7, 11) is 0. The minimum atomic E-state index is -0.00524. The molecule has 2 aromatic carbocycles. The maximum atomic E-state index is 12.6. The van der Waals surface area contributed by atoms with Gasteiger partial charge in [0.15, 0.2) is 0 Å². The minimum absolute atomic E-state index is 0.00524. The molecule has 0 aliphatic rings. The molecule has 0 spiro atoms. The Labute approximate surface area is 156 Å². The molecule has 0 radical (unpaired) electrons. The number of imidazole rings is 1. The van der Waals surface area contributed by atoms with Gasteiger partial charge in [0.1, 0.15) is 0 Å². The molecule has 1 amide bonds. The van der Waals surface area contributed by atoms with Crippen molar-refractivity contribution in [3.8, 4) is 11.1 Å². The van der Waals surface area contributed by atoms with Crippen LogP contribution in [0.3, 0.4) is 0 Å². The first-order valence-corrected chi connectivity index (χ1v) is 9.52. The third kappa shape index (κ3) is 3.39. The molecule has 5 heteroatoms. The fraction of sp³-hybridized carbons (Fsp3) is 0.143. The van der Waals surface area contributed by atoms with Crippen molar-refractivity contribution >= 4 is 28.3 Å². The maximum Gasteiger partial charge on any atom is 0.261 e. The van der Waals surface area contributed by atoms with Gasteiger partial charge in [0, 0.05) is 18.7 Å². The van der Waals surface area contributed by atoms with E-state index in [4.69, 9.17) is 0 Å². The van der Waals surface area contributed by atoms with Crippen LogP contribution in [-0.2, 0) is 6.54 Å². The van der Waals surface area contributed by atoms with Crippen LogP contribution in [-0.4, -0.2) is 22.0 Å². The molecule has 0 fully saturated rings. The summed E-state index contributed by atoms with van der Waals surface area (Å²) in [4.78, 5) is 17.7. The van der Waals surface area contributed by atoms with Gasteiger partial charge in [-0.25, -0.2) is 4.98 Å². The average molecular weight is 361 g/mol. The summed E-state index contributed by atoms with van der Waals surface area (Å²) in [5.41, 5.74) is 4.20. The Bertz CT molecular complexity index is 1020. The Hall–Kier alpha value is -2.92. The van der Waals surface area contributed by atoms with E-state index in [0.29, 0.717) is 6.54 Å². The lowest BCUT2D eigenvalue weighted by Gasteiger charge is -2.07. The highest BCUT2D eigenvalue weighted by atomic mass is 32.1. The molecule has 4 aromatic rings. The summed E-state index contributed by atoms with van der Waals surface area (Å²) < 4.78 is 2.13. The third-order valence-electron chi connectivity index (χ3n) is 4.34. The van der Waals surface area contributed by atoms with Crippen LogP contribution in [0.15, 0.2) is 72.4 Å². The lowest BCUT2D eigenvalue weighted by atomic mass is 10.1. The number of thiophene rings is 1. The van der Waals surface area contributed by atoms with E-state index in [9.17, 15) is 4.79 Å². The van der Waals surface area contributed by atoms with E-state index in [2.05, 4.69) is 20.9 Å². The van der Waals surface area contributed by atoms with E-state index in [1.54, 1.807) is 0 Å². The Morgan fingerprint density at radius 2 is 1.85 bits per heavy atom. The standard InChI is InChI=1S/C21H19N3OS/c25-21(20-17(11-14-26-20)16-7-2-1-3-8-16)22-12-6-13-24-15-23-18-9-4-5-10-19(18)24/h1-5,7-11,14-15H,6,12-13H2,(H,22,25). The largest absolute Gasteiger partial charge is 0.351 e. The summed E-state index contributed by atoms with van der Waals surface area (Å²) in [5.74, 6) is -0.00524. The molecular formula is C21H19N3OS. The zero-order valence-corrected chi connectivity index (χ0v) is 15.1. The lowest BCUT2D eigenvalue weighted by Crippen LogP contribution is -2.24. The Morgan fingerprint density at radius 1 is 1.04 bits per heavy atom.